The van der Waals surface area contributed by atoms with Gasteiger partial charge in [-0.1, -0.05) is 41.4 Å². The SMILES string of the molecule is CN(C(C(=O)N(c1ccc(Cl)cc1)c1ccccn1)c1cccc(Cl)c1)C1(C(=O)NO)N=CC=CN1. The highest BCUT2D eigenvalue weighted by atomic mass is 35.5. The molecule has 9 nitrogen and oxygen atoms in total. The molecule has 1 aromatic heterocycles. The number of benzene rings is 2. The number of pyridine rings is 1. The number of hydroxylamine groups is 1. The predicted molar refractivity (Wildman–Crippen MR) is 138 cm³/mol. The number of anilines is 2. The Bertz CT molecular complexity index is 1300. The van der Waals surface area contributed by atoms with Crippen molar-refractivity contribution in [3.05, 3.63) is 101 Å². The smallest absolute Gasteiger partial charge is 0.308 e. The molecular weight excluding hydrogens is 503 g/mol. The summed E-state index contributed by atoms with van der Waals surface area (Å²) < 4.78 is 0. The molecule has 1 aliphatic heterocycles. The lowest BCUT2D eigenvalue weighted by atomic mass is 10.0. The van der Waals surface area contributed by atoms with E-state index in [1.807, 2.05) is 0 Å². The van der Waals surface area contributed by atoms with Crippen molar-refractivity contribution in [2.45, 2.75) is 11.8 Å². The molecule has 0 radical (unpaired) electrons. The van der Waals surface area contributed by atoms with Crippen LogP contribution in [0.2, 0.25) is 10.0 Å². The molecule has 1 aliphatic rings. The third kappa shape index (κ3) is 4.95. The summed E-state index contributed by atoms with van der Waals surface area (Å²) >= 11 is 12.4. The molecule has 2 heterocycles. The van der Waals surface area contributed by atoms with E-state index in [2.05, 4.69) is 15.3 Å². The second-order valence-corrected chi connectivity index (χ2v) is 8.67. The fourth-order valence-electron chi connectivity index (χ4n) is 3.92. The van der Waals surface area contributed by atoms with Crippen molar-refractivity contribution in [2.24, 2.45) is 4.99 Å². The van der Waals surface area contributed by atoms with Gasteiger partial charge in [0.2, 0.25) is 0 Å². The van der Waals surface area contributed by atoms with E-state index in [1.165, 1.54) is 22.2 Å². The number of aromatic nitrogens is 1. The number of aliphatic imine (C=N–C) groups is 1. The zero-order valence-corrected chi connectivity index (χ0v) is 20.6. The summed E-state index contributed by atoms with van der Waals surface area (Å²) in [6.45, 7) is 0. The van der Waals surface area contributed by atoms with Crippen LogP contribution in [0.4, 0.5) is 11.5 Å². The lowest BCUT2D eigenvalue weighted by Gasteiger charge is -2.42. The van der Waals surface area contributed by atoms with Crippen molar-refractivity contribution < 1.29 is 14.8 Å². The van der Waals surface area contributed by atoms with Crippen LogP contribution in [-0.4, -0.2) is 46.0 Å². The maximum absolute atomic E-state index is 14.5. The van der Waals surface area contributed by atoms with E-state index in [-0.39, 0.29) is 0 Å². The van der Waals surface area contributed by atoms with Gasteiger partial charge in [-0.3, -0.25) is 19.7 Å². The lowest BCUT2D eigenvalue weighted by Crippen LogP contribution is -2.66. The zero-order chi connectivity index (χ0) is 25.7. The first-order valence-electron chi connectivity index (χ1n) is 10.8. The van der Waals surface area contributed by atoms with Crippen LogP contribution >= 0.6 is 23.2 Å². The first-order chi connectivity index (χ1) is 17.4. The van der Waals surface area contributed by atoms with Gasteiger partial charge in [0.25, 0.3) is 11.7 Å². The molecule has 2 unspecified atom stereocenters. The maximum atomic E-state index is 14.5. The number of carbonyl (C=O) groups is 2. The largest absolute Gasteiger partial charge is 0.347 e. The van der Waals surface area contributed by atoms with E-state index in [1.54, 1.807) is 91.5 Å². The van der Waals surface area contributed by atoms with Crippen LogP contribution in [0.15, 0.2) is 90.2 Å². The molecule has 3 aromatic rings. The van der Waals surface area contributed by atoms with Crippen molar-refractivity contribution in [3.8, 4) is 0 Å². The fourth-order valence-corrected chi connectivity index (χ4v) is 4.24. The Morgan fingerprint density at radius 1 is 1.06 bits per heavy atom. The van der Waals surface area contributed by atoms with E-state index in [4.69, 9.17) is 23.2 Å². The van der Waals surface area contributed by atoms with Crippen molar-refractivity contribution in [3.63, 3.8) is 0 Å². The van der Waals surface area contributed by atoms with Crippen LogP contribution in [0.3, 0.4) is 0 Å². The monoisotopic (exact) mass is 524 g/mol. The van der Waals surface area contributed by atoms with Gasteiger partial charge in [0.1, 0.15) is 11.9 Å². The Hall–Kier alpha value is -3.76. The van der Waals surface area contributed by atoms with Crippen LogP contribution in [0.1, 0.15) is 11.6 Å². The lowest BCUT2D eigenvalue weighted by molar-refractivity contribution is -0.146. The summed E-state index contributed by atoms with van der Waals surface area (Å²) in [4.78, 5) is 38.9. The number of hydrogen-bond donors (Lipinski definition) is 3. The predicted octanol–water partition coefficient (Wildman–Crippen LogP) is 4.07. The first-order valence-corrected chi connectivity index (χ1v) is 11.5. The van der Waals surface area contributed by atoms with E-state index in [9.17, 15) is 14.8 Å². The number of nitrogens with zero attached hydrogens (tertiary/aromatic N) is 4. The molecule has 3 N–H and O–H groups in total. The van der Waals surface area contributed by atoms with Crippen LogP contribution in [0, 0.1) is 0 Å². The fraction of sp³-hybridized carbons (Fsp3) is 0.120. The van der Waals surface area contributed by atoms with E-state index < -0.39 is 23.6 Å². The van der Waals surface area contributed by atoms with Gasteiger partial charge in [0, 0.05) is 28.7 Å². The average Bonchev–Trinajstić information content (AvgIpc) is 2.90. The average molecular weight is 525 g/mol. The summed E-state index contributed by atoms with van der Waals surface area (Å²) in [5.74, 6) is -2.84. The molecule has 36 heavy (non-hydrogen) atoms. The van der Waals surface area contributed by atoms with Crippen molar-refractivity contribution in [1.82, 2.24) is 20.7 Å². The summed E-state index contributed by atoms with van der Waals surface area (Å²) in [6.07, 6.45) is 6.05. The van der Waals surface area contributed by atoms with Gasteiger partial charge in [-0.2, -0.15) is 0 Å². The normalized spacial score (nSPS) is 17.4. The molecule has 0 saturated heterocycles. The first kappa shape index (κ1) is 25.3. The number of carbonyl (C=O) groups excluding carboxylic acids is 2. The number of allylic oxidation sites excluding steroid dienone is 1. The Balaban J connectivity index is 1.90. The van der Waals surface area contributed by atoms with Gasteiger partial charge in [-0.05, 0) is 67.2 Å². The number of halogens is 2. The standard InChI is InChI=1S/C25H22Cl2N6O3/c1-32(25(24(35)31-36)29-14-5-15-30-25)22(17-6-4-7-19(27)16-17)23(34)33(21-8-2-3-13-28-21)20-11-9-18(26)10-12-20/h2-16,22,29,36H,1H3,(H,31,35). The molecule has 2 atom stereocenters. The van der Waals surface area contributed by atoms with Crippen molar-refractivity contribution in [2.75, 3.05) is 11.9 Å². The Morgan fingerprint density at radius 2 is 1.83 bits per heavy atom. The maximum Gasteiger partial charge on any atom is 0.308 e. The molecule has 4 rings (SSSR count). The highest BCUT2D eigenvalue weighted by Gasteiger charge is 2.48. The third-order valence-electron chi connectivity index (χ3n) is 5.63. The van der Waals surface area contributed by atoms with E-state index in [0.29, 0.717) is 27.1 Å². The minimum Gasteiger partial charge on any atom is -0.347 e. The number of amides is 2. The third-order valence-corrected chi connectivity index (χ3v) is 6.11. The van der Waals surface area contributed by atoms with Gasteiger partial charge < -0.3 is 5.32 Å². The number of rotatable bonds is 7. The highest BCUT2D eigenvalue weighted by molar-refractivity contribution is 6.31. The quantitative estimate of drug-likeness (QED) is 0.317. The zero-order valence-electron chi connectivity index (χ0n) is 19.0. The molecule has 2 amide bonds. The Labute approximate surface area is 217 Å². The topological polar surface area (TPSA) is 110 Å². The van der Waals surface area contributed by atoms with Crippen LogP contribution < -0.4 is 15.7 Å². The second kappa shape index (κ2) is 10.9. The molecule has 184 valence electrons. The van der Waals surface area contributed by atoms with E-state index >= 15 is 0 Å². The van der Waals surface area contributed by atoms with Gasteiger partial charge in [-0.15, -0.1) is 0 Å². The molecular formula is C25H22Cl2N6O3. The van der Waals surface area contributed by atoms with Crippen molar-refractivity contribution in [1.29, 1.82) is 0 Å². The van der Waals surface area contributed by atoms with Gasteiger partial charge in [0.15, 0.2) is 0 Å². The number of likely N-dealkylation sites (N-methyl/N-ethyl adjacent to an activating group) is 1. The summed E-state index contributed by atoms with van der Waals surface area (Å²) in [6, 6.07) is 17.5. The van der Waals surface area contributed by atoms with E-state index in [0.717, 1.165) is 0 Å². The Morgan fingerprint density at radius 3 is 2.44 bits per heavy atom. The molecule has 2 aromatic carbocycles. The number of nitrogens with one attached hydrogen (secondary N) is 2. The highest BCUT2D eigenvalue weighted by Crippen LogP contribution is 2.35. The molecule has 0 fully saturated rings. The van der Waals surface area contributed by atoms with Crippen LogP contribution in [0.25, 0.3) is 0 Å². The van der Waals surface area contributed by atoms with Crippen molar-refractivity contribution >= 4 is 52.7 Å². The Kier molecular flexibility index (Phi) is 7.66. The molecule has 0 bridgehead atoms. The summed E-state index contributed by atoms with van der Waals surface area (Å²) in [5.41, 5.74) is 2.63. The molecule has 11 heteroatoms. The summed E-state index contributed by atoms with van der Waals surface area (Å²) in [5, 5.41) is 13.3. The molecule has 0 aliphatic carbocycles. The minimum absolute atomic E-state index is 0.353. The number of hydrogen-bond acceptors (Lipinski definition) is 7. The van der Waals surface area contributed by atoms with Gasteiger partial charge in [-0.25, -0.2) is 20.4 Å². The van der Waals surface area contributed by atoms with Crippen LogP contribution in [-0.2, 0) is 9.59 Å². The van der Waals surface area contributed by atoms with Gasteiger partial charge >= 0.3 is 5.91 Å². The summed E-state index contributed by atoms with van der Waals surface area (Å²) in [7, 11) is 1.54. The molecule has 0 saturated carbocycles. The van der Waals surface area contributed by atoms with Gasteiger partial charge in [0.05, 0.1) is 5.69 Å². The minimum atomic E-state index is -1.85. The second-order valence-electron chi connectivity index (χ2n) is 7.80. The molecule has 0 spiro atoms. The van der Waals surface area contributed by atoms with Crippen LogP contribution in [0.5, 0.6) is 0 Å².